The molecule has 3 aliphatic rings. The molecule has 3 unspecified atom stereocenters. The zero-order valence-corrected chi connectivity index (χ0v) is 12.6. The summed E-state index contributed by atoms with van der Waals surface area (Å²) < 4.78 is 28.7. The third-order valence-corrected chi connectivity index (χ3v) is 7.06. The predicted molar refractivity (Wildman–Crippen MR) is 73.3 cm³/mol. The molecule has 0 amide bonds. The second-order valence-electron chi connectivity index (χ2n) is 6.21. The smallest absolute Gasteiger partial charge is 0.308 e. The zero-order chi connectivity index (χ0) is 14.5. The minimum atomic E-state index is -3.50. The predicted octanol–water partition coefficient (Wildman–Crippen LogP) is 0.901. The summed E-state index contributed by atoms with van der Waals surface area (Å²) in [6.07, 6.45) is 4.17. The van der Waals surface area contributed by atoms with Crippen LogP contribution in [0.4, 0.5) is 0 Å². The second kappa shape index (κ2) is 4.96. The van der Waals surface area contributed by atoms with Gasteiger partial charge in [0.1, 0.15) is 0 Å². The second-order valence-corrected chi connectivity index (χ2v) is 8.04. The van der Waals surface area contributed by atoms with E-state index in [1.54, 1.807) is 4.31 Å². The summed E-state index contributed by atoms with van der Waals surface area (Å²) in [5.41, 5.74) is 0. The lowest BCUT2D eigenvalue weighted by Crippen LogP contribution is -2.47. The van der Waals surface area contributed by atoms with Gasteiger partial charge >= 0.3 is 5.97 Å². The maximum Gasteiger partial charge on any atom is 0.308 e. The van der Waals surface area contributed by atoms with E-state index in [4.69, 9.17) is 0 Å². The first-order valence-corrected chi connectivity index (χ1v) is 8.86. The Morgan fingerprint density at radius 1 is 1.30 bits per heavy atom. The molecule has 1 aliphatic carbocycles. The van der Waals surface area contributed by atoms with E-state index in [-0.39, 0.29) is 12.1 Å². The molecule has 0 aromatic heterocycles. The molecule has 2 saturated heterocycles. The van der Waals surface area contributed by atoms with Gasteiger partial charge < -0.3 is 5.11 Å². The molecule has 3 rings (SSSR count). The van der Waals surface area contributed by atoms with Gasteiger partial charge in [0, 0.05) is 25.2 Å². The van der Waals surface area contributed by atoms with Crippen LogP contribution in [0.5, 0.6) is 0 Å². The zero-order valence-electron chi connectivity index (χ0n) is 11.7. The molecule has 3 fully saturated rings. The van der Waals surface area contributed by atoms with Crippen molar-refractivity contribution in [2.24, 2.45) is 11.8 Å². The number of carboxylic acids is 1. The van der Waals surface area contributed by atoms with Gasteiger partial charge in [-0.25, -0.2) is 0 Å². The van der Waals surface area contributed by atoms with Crippen molar-refractivity contribution >= 4 is 16.2 Å². The average Bonchev–Trinajstić information content (AvgIpc) is 3.01. The average molecular weight is 302 g/mol. The number of carboxylic acid groups (broad SMARTS) is 1. The summed E-state index contributed by atoms with van der Waals surface area (Å²) in [7, 11) is -3.50. The van der Waals surface area contributed by atoms with Crippen LogP contribution in [0.1, 0.15) is 39.0 Å². The Balaban J connectivity index is 1.82. The number of fused-ring (bicyclic) bond motifs is 2. The standard InChI is InChI=1S/C13H22N2O4S/c1-2-14(8-9-3-4-9)20(18,19)15-10-5-6-12(15)11(7-10)13(16)17/h9-12H,2-8H2,1H3,(H,16,17). The summed E-state index contributed by atoms with van der Waals surface area (Å²) in [6, 6.07) is -0.449. The van der Waals surface area contributed by atoms with E-state index in [1.165, 1.54) is 4.31 Å². The molecule has 0 radical (unpaired) electrons. The fourth-order valence-corrected chi connectivity index (χ4v) is 5.83. The fourth-order valence-electron chi connectivity index (χ4n) is 3.67. The topological polar surface area (TPSA) is 77.9 Å². The lowest BCUT2D eigenvalue weighted by Gasteiger charge is -2.29. The van der Waals surface area contributed by atoms with E-state index >= 15 is 0 Å². The molecule has 2 heterocycles. The summed E-state index contributed by atoms with van der Waals surface area (Å²) in [6.45, 7) is 2.91. The van der Waals surface area contributed by atoms with E-state index in [9.17, 15) is 18.3 Å². The number of aliphatic carboxylic acids is 1. The van der Waals surface area contributed by atoms with Gasteiger partial charge in [0.05, 0.1) is 5.92 Å². The number of rotatable bonds is 6. The first-order valence-electron chi connectivity index (χ1n) is 7.46. The molecule has 2 aliphatic heterocycles. The Kier molecular flexibility index (Phi) is 3.54. The van der Waals surface area contributed by atoms with E-state index in [1.807, 2.05) is 6.92 Å². The molecule has 0 spiro atoms. The maximum atomic E-state index is 12.8. The summed E-state index contributed by atoms with van der Waals surface area (Å²) in [4.78, 5) is 11.3. The Bertz CT molecular complexity index is 503. The van der Waals surface area contributed by atoms with Crippen molar-refractivity contribution in [1.29, 1.82) is 0 Å². The monoisotopic (exact) mass is 302 g/mol. The Morgan fingerprint density at radius 2 is 2.00 bits per heavy atom. The molecule has 114 valence electrons. The normalized spacial score (nSPS) is 34.0. The highest BCUT2D eigenvalue weighted by molar-refractivity contribution is 7.86. The SMILES string of the molecule is CCN(CC1CC1)S(=O)(=O)N1C2CCC1C(C(=O)O)C2. The lowest BCUT2D eigenvalue weighted by atomic mass is 9.89. The van der Waals surface area contributed by atoms with Crippen LogP contribution in [0, 0.1) is 11.8 Å². The molecule has 7 heteroatoms. The van der Waals surface area contributed by atoms with Crippen molar-refractivity contribution in [2.75, 3.05) is 13.1 Å². The van der Waals surface area contributed by atoms with Crippen LogP contribution in [0.15, 0.2) is 0 Å². The van der Waals surface area contributed by atoms with Crippen molar-refractivity contribution in [1.82, 2.24) is 8.61 Å². The summed E-state index contributed by atoms with van der Waals surface area (Å²) >= 11 is 0. The van der Waals surface area contributed by atoms with Crippen molar-refractivity contribution in [3.05, 3.63) is 0 Å². The van der Waals surface area contributed by atoms with E-state index in [0.717, 1.165) is 19.3 Å². The molecule has 0 aromatic rings. The molecule has 2 bridgehead atoms. The summed E-state index contributed by atoms with van der Waals surface area (Å²) in [5, 5.41) is 9.23. The molecule has 1 saturated carbocycles. The minimum Gasteiger partial charge on any atom is -0.481 e. The first kappa shape index (κ1) is 14.3. The molecule has 20 heavy (non-hydrogen) atoms. The molecule has 1 N–H and O–H groups in total. The number of hydrogen-bond donors (Lipinski definition) is 1. The van der Waals surface area contributed by atoms with Gasteiger partial charge in [0.2, 0.25) is 0 Å². The van der Waals surface area contributed by atoms with Crippen molar-refractivity contribution < 1.29 is 18.3 Å². The van der Waals surface area contributed by atoms with Crippen LogP contribution in [0.3, 0.4) is 0 Å². The van der Waals surface area contributed by atoms with Gasteiger partial charge in [0.15, 0.2) is 0 Å². The fraction of sp³-hybridized carbons (Fsp3) is 0.923. The highest BCUT2D eigenvalue weighted by atomic mass is 32.2. The van der Waals surface area contributed by atoms with Gasteiger partial charge in [-0.2, -0.15) is 17.0 Å². The summed E-state index contributed by atoms with van der Waals surface area (Å²) in [5.74, 6) is -0.883. The highest BCUT2D eigenvalue weighted by Crippen LogP contribution is 2.44. The maximum absolute atomic E-state index is 12.8. The van der Waals surface area contributed by atoms with Crippen molar-refractivity contribution in [2.45, 2.75) is 51.1 Å². The quantitative estimate of drug-likeness (QED) is 0.791. The van der Waals surface area contributed by atoms with Crippen LogP contribution < -0.4 is 0 Å². The van der Waals surface area contributed by atoms with Crippen molar-refractivity contribution in [3.63, 3.8) is 0 Å². The van der Waals surface area contributed by atoms with Gasteiger partial charge in [-0.3, -0.25) is 4.79 Å². The van der Waals surface area contributed by atoms with Crippen LogP contribution in [0.2, 0.25) is 0 Å². The molecular weight excluding hydrogens is 280 g/mol. The van der Waals surface area contributed by atoms with Crippen LogP contribution in [-0.2, 0) is 15.0 Å². The van der Waals surface area contributed by atoms with E-state index < -0.39 is 22.1 Å². The van der Waals surface area contributed by atoms with Crippen molar-refractivity contribution in [3.8, 4) is 0 Å². The molecule has 6 nitrogen and oxygen atoms in total. The minimum absolute atomic E-state index is 0.112. The Labute approximate surface area is 119 Å². The molecule has 3 atom stereocenters. The van der Waals surface area contributed by atoms with Crippen LogP contribution in [-0.4, -0.2) is 53.3 Å². The van der Waals surface area contributed by atoms with Gasteiger partial charge in [0.25, 0.3) is 10.2 Å². The molecular formula is C13H22N2O4S. The number of nitrogens with zero attached hydrogens (tertiary/aromatic N) is 2. The van der Waals surface area contributed by atoms with Crippen LogP contribution in [0.25, 0.3) is 0 Å². The third kappa shape index (κ3) is 2.25. The van der Waals surface area contributed by atoms with Gasteiger partial charge in [-0.15, -0.1) is 0 Å². The van der Waals surface area contributed by atoms with E-state index in [0.29, 0.717) is 31.8 Å². The highest BCUT2D eigenvalue weighted by Gasteiger charge is 2.55. The number of carbonyl (C=O) groups is 1. The molecule has 0 aromatic carbocycles. The Hall–Kier alpha value is -0.660. The number of hydrogen-bond acceptors (Lipinski definition) is 3. The van der Waals surface area contributed by atoms with Crippen LogP contribution >= 0.6 is 0 Å². The van der Waals surface area contributed by atoms with Gasteiger partial charge in [-0.1, -0.05) is 6.92 Å². The Morgan fingerprint density at radius 3 is 2.50 bits per heavy atom. The largest absolute Gasteiger partial charge is 0.481 e. The lowest BCUT2D eigenvalue weighted by molar-refractivity contribution is -0.142. The first-order chi connectivity index (χ1) is 9.45. The van der Waals surface area contributed by atoms with Gasteiger partial charge in [-0.05, 0) is 38.0 Å². The third-order valence-electron chi connectivity index (χ3n) is 4.89. The van der Waals surface area contributed by atoms with E-state index in [2.05, 4.69) is 0 Å².